The first kappa shape index (κ1) is 22.9. The zero-order valence-corrected chi connectivity index (χ0v) is 18.6. The van der Waals surface area contributed by atoms with Crippen molar-refractivity contribution >= 4 is 21.6 Å². The van der Waals surface area contributed by atoms with Crippen molar-refractivity contribution in [3.8, 4) is 11.8 Å². The standard InChI is InChI=1S/C23H27N3O4S/c1-30-13-5-8-19-15-25-22(16-24-19)26-23(27)21(14-17-6-3-4-7-17)18-9-11-20(12-10-18)31(2,28)29/h9-12,15-17,21H,3-4,6-7,13-14H2,1-2H3,(H,25,26,27)/t21-/m1/s1. The van der Waals surface area contributed by atoms with Crippen molar-refractivity contribution in [1.82, 2.24) is 9.97 Å². The highest BCUT2D eigenvalue weighted by atomic mass is 32.2. The van der Waals surface area contributed by atoms with E-state index in [1.807, 2.05) is 0 Å². The SMILES string of the molecule is COCC#Cc1cnc(NC(=O)[C@H](CC2CCCC2)c2ccc(S(C)(=O)=O)cc2)cn1. The fraction of sp³-hybridized carbons (Fsp3) is 0.435. The third-order valence-electron chi connectivity index (χ3n) is 5.41. The zero-order valence-electron chi connectivity index (χ0n) is 17.8. The molecule has 1 heterocycles. The average molecular weight is 442 g/mol. The maximum absolute atomic E-state index is 13.1. The van der Waals surface area contributed by atoms with Crippen molar-refractivity contribution in [2.75, 3.05) is 25.3 Å². The molecule has 0 aliphatic heterocycles. The van der Waals surface area contributed by atoms with Crippen molar-refractivity contribution in [1.29, 1.82) is 0 Å². The van der Waals surface area contributed by atoms with Crippen LogP contribution in [0.5, 0.6) is 0 Å². The molecule has 1 aliphatic carbocycles. The van der Waals surface area contributed by atoms with E-state index < -0.39 is 9.84 Å². The summed E-state index contributed by atoms with van der Waals surface area (Å²) in [6.07, 6.45) is 9.47. The summed E-state index contributed by atoms with van der Waals surface area (Å²) in [6.45, 7) is 0.307. The molecule has 0 radical (unpaired) electrons. The molecule has 1 N–H and O–H groups in total. The number of anilines is 1. The smallest absolute Gasteiger partial charge is 0.233 e. The van der Waals surface area contributed by atoms with Crippen LogP contribution in [0.4, 0.5) is 5.82 Å². The topological polar surface area (TPSA) is 98.2 Å². The fourth-order valence-electron chi connectivity index (χ4n) is 3.79. The van der Waals surface area contributed by atoms with Crippen LogP contribution in [0.25, 0.3) is 0 Å². The van der Waals surface area contributed by atoms with Crippen LogP contribution in [0.1, 0.15) is 49.3 Å². The van der Waals surface area contributed by atoms with Gasteiger partial charge in [0.25, 0.3) is 0 Å². The molecular weight excluding hydrogens is 414 g/mol. The number of sulfone groups is 1. The second kappa shape index (κ2) is 10.5. The van der Waals surface area contributed by atoms with E-state index in [2.05, 4.69) is 27.1 Å². The van der Waals surface area contributed by atoms with Crippen LogP contribution in [-0.2, 0) is 19.4 Å². The van der Waals surface area contributed by atoms with E-state index in [0.29, 0.717) is 24.0 Å². The van der Waals surface area contributed by atoms with Gasteiger partial charge in [0.1, 0.15) is 12.3 Å². The Morgan fingerprint density at radius 1 is 1.19 bits per heavy atom. The molecule has 1 fully saturated rings. The van der Waals surface area contributed by atoms with Crippen LogP contribution in [0, 0.1) is 17.8 Å². The molecule has 0 spiro atoms. The fourth-order valence-corrected chi connectivity index (χ4v) is 4.42. The summed E-state index contributed by atoms with van der Waals surface area (Å²) in [6, 6.07) is 6.59. The number of carbonyl (C=O) groups excluding carboxylic acids is 1. The van der Waals surface area contributed by atoms with Gasteiger partial charge in [-0.15, -0.1) is 0 Å². The Hall–Kier alpha value is -2.76. The van der Waals surface area contributed by atoms with E-state index in [-0.39, 0.29) is 16.7 Å². The van der Waals surface area contributed by atoms with E-state index in [1.54, 1.807) is 31.4 Å². The highest BCUT2D eigenvalue weighted by molar-refractivity contribution is 7.90. The van der Waals surface area contributed by atoms with Crippen LogP contribution in [0.3, 0.4) is 0 Å². The minimum Gasteiger partial charge on any atom is -0.372 e. The van der Waals surface area contributed by atoms with Gasteiger partial charge >= 0.3 is 0 Å². The first-order valence-corrected chi connectivity index (χ1v) is 12.2. The number of rotatable bonds is 7. The van der Waals surface area contributed by atoms with Crippen molar-refractivity contribution in [3.63, 3.8) is 0 Å². The van der Waals surface area contributed by atoms with Gasteiger partial charge in [-0.1, -0.05) is 43.7 Å². The van der Waals surface area contributed by atoms with Crippen molar-refractivity contribution in [2.45, 2.75) is 42.9 Å². The lowest BCUT2D eigenvalue weighted by Gasteiger charge is -2.20. The first-order chi connectivity index (χ1) is 14.9. The van der Waals surface area contributed by atoms with E-state index in [0.717, 1.165) is 24.8 Å². The van der Waals surface area contributed by atoms with Gasteiger partial charge < -0.3 is 10.1 Å². The summed E-state index contributed by atoms with van der Waals surface area (Å²) in [5.41, 5.74) is 1.29. The van der Waals surface area contributed by atoms with E-state index in [1.165, 1.54) is 31.5 Å². The van der Waals surface area contributed by atoms with Gasteiger partial charge in [-0.3, -0.25) is 4.79 Å². The molecule has 1 aliphatic rings. The van der Waals surface area contributed by atoms with E-state index in [4.69, 9.17) is 4.74 Å². The quantitative estimate of drug-likeness (QED) is 0.663. The second-order valence-electron chi connectivity index (χ2n) is 7.79. The largest absolute Gasteiger partial charge is 0.372 e. The zero-order chi connectivity index (χ0) is 22.3. The lowest BCUT2D eigenvalue weighted by Crippen LogP contribution is -2.23. The minimum atomic E-state index is -3.29. The summed E-state index contributed by atoms with van der Waals surface area (Å²) in [7, 11) is -1.72. The van der Waals surface area contributed by atoms with Gasteiger partial charge in [-0.25, -0.2) is 18.4 Å². The van der Waals surface area contributed by atoms with Gasteiger partial charge in [-0.2, -0.15) is 0 Å². The molecule has 1 saturated carbocycles. The predicted molar refractivity (Wildman–Crippen MR) is 118 cm³/mol. The number of aromatic nitrogens is 2. The third-order valence-corrected chi connectivity index (χ3v) is 6.54. The average Bonchev–Trinajstić information content (AvgIpc) is 3.26. The summed E-state index contributed by atoms with van der Waals surface area (Å²) < 4.78 is 28.4. The van der Waals surface area contributed by atoms with Crippen LogP contribution in [0.15, 0.2) is 41.6 Å². The number of carbonyl (C=O) groups is 1. The number of nitrogens with zero attached hydrogens (tertiary/aromatic N) is 2. The molecule has 1 aromatic carbocycles. The summed E-state index contributed by atoms with van der Waals surface area (Å²) >= 11 is 0. The lowest BCUT2D eigenvalue weighted by molar-refractivity contribution is -0.118. The lowest BCUT2D eigenvalue weighted by atomic mass is 9.87. The van der Waals surface area contributed by atoms with Gasteiger partial charge in [0.15, 0.2) is 15.7 Å². The normalized spacial score (nSPS) is 15.2. The Balaban J connectivity index is 1.77. The van der Waals surface area contributed by atoms with Gasteiger partial charge in [-0.05, 0) is 36.0 Å². The summed E-state index contributed by atoms with van der Waals surface area (Å²) in [4.78, 5) is 21.8. The van der Waals surface area contributed by atoms with Crippen molar-refractivity contribution < 1.29 is 17.9 Å². The number of nitrogens with one attached hydrogen (secondary N) is 1. The Kier molecular flexibility index (Phi) is 7.77. The highest BCUT2D eigenvalue weighted by Gasteiger charge is 2.27. The van der Waals surface area contributed by atoms with Crippen molar-refractivity contribution in [3.05, 3.63) is 47.9 Å². The van der Waals surface area contributed by atoms with Crippen LogP contribution < -0.4 is 5.32 Å². The highest BCUT2D eigenvalue weighted by Crippen LogP contribution is 2.35. The molecule has 3 rings (SSSR count). The Morgan fingerprint density at radius 3 is 2.48 bits per heavy atom. The predicted octanol–water partition coefficient (Wildman–Crippen LogP) is 3.18. The molecule has 1 aromatic heterocycles. The monoisotopic (exact) mass is 441 g/mol. The van der Waals surface area contributed by atoms with Gasteiger partial charge in [0.05, 0.1) is 23.2 Å². The van der Waals surface area contributed by atoms with E-state index in [9.17, 15) is 13.2 Å². The number of hydrogen-bond donors (Lipinski definition) is 1. The molecular formula is C23H27N3O4S. The second-order valence-corrected chi connectivity index (χ2v) is 9.81. The molecule has 0 unspecified atom stereocenters. The minimum absolute atomic E-state index is 0.175. The number of benzene rings is 1. The van der Waals surface area contributed by atoms with E-state index >= 15 is 0 Å². The van der Waals surface area contributed by atoms with Crippen LogP contribution in [0.2, 0.25) is 0 Å². The van der Waals surface area contributed by atoms with Crippen LogP contribution in [-0.4, -0.2) is 44.3 Å². The number of amides is 1. The Morgan fingerprint density at radius 2 is 1.90 bits per heavy atom. The van der Waals surface area contributed by atoms with Crippen LogP contribution >= 0.6 is 0 Å². The maximum atomic E-state index is 13.1. The van der Waals surface area contributed by atoms with Gasteiger partial charge in [0.2, 0.25) is 5.91 Å². The van der Waals surface area contributed by atoms with Crippen molar-refractivity contribution in [2.24, 2.45) is 5.92 Å². The number of methoxy groups -OCH3 is 1. The Labute approximate surface area is 183 Å². The summed E-state index contributed by atoms with van der Waals surface area (Å²) in [5.74, 6) is 5.90. The molecule has 1 amide bonds. The number of hydrogen-bond acceptors (Lipinski definition) is 6. The molecule has 31 heavy (non-hydrogen) atoms. The Bertz CT molecular complexity index is 1050. The molecule has 1 atom stereocenters. The maximum Gasteiger partial charge on any atom is 0.233 e. The summed E-state index contributed by atoms with van der Waals surface area (Å²) in [5, 5.41) is 2.85. The number of ether oxygens (including phenoxy) is 1. The van der Waals surface area contributed by atoms with Gasteiger partial charge in [0, 0.05) is 13.4 Å². The molecule has 0 saturated heterocycles. The third kappa shape index (κ3) is 6.61. The molecule has 164 valence electrons. The molecule has 8 heteroatoms. The molecule has 0 bridgehead atoms. The molecule has 7 nitrogen and oxygen atoms in total. The molecule has 2 aromatic rings. The first-order valence-electron chi connectivity index (χ1n) is 10.3.